The van der Waals surface area contributed by atoms with Gasteiger partial charge in [-0.25, -0.2) is 0 Å². The van der Waals surface area contributed by atoms with Crippen molar-refractivity contribution >= 4 is 60.7 Å². The highest BCUT2D eigenvalue weighted by Crippen LogP contribution is 2.42. The van der Waals surface area contributed by atoms with Gasteiger partial charge in [-0.05, 0) is 61.4 Å². The molecule has 1 N–H and O–H groups in total. The van der Waals surface area contributed by atoms with Gasteiger partial charge in [-0.3, -0.25) is 0 Å². The summed E-state index contributed by atoms with van der Waals surface area (Å²) in [5.74, 6) is 0. The minimum absolute atomic E-state index is 0.898. The summed E-state index contributed by atoms with van der Waals surface area (Å²) < 4.78 is 8.87. The third-order valence-corrected chi connectivity index (χ3v) is 7.04. The summed E-state index contributed by atoms with van der Waals surface area (Å²) in [5, 5.41) is 5.95. The fourth-order valence-electron chi connectivity index (χ4n) is 5.65. The van der Waals surface area contributed by atoms with Crippen molar-refractivity contribution in [2.75, 3.05) is 0 Å². The third-order valence-electron chi connectivity index (χ3n) is 7.04. The van der Waals surface area contributed by atoms with Crippen molar-refractivity contribution in [3.05, 3.63) is 96.2 Å². The second kappa shape index (κ2) is 6.09. The van der Waals surface area contributed by atoms with E-state index in [4.69, 9.17) is 4.42 Å². The van der Waals surface area contributed by atoms with Crippen LogP contribution in [0, 0.1) is 12.1 Å². The van der Waals surface area contributed by atoms with Gasteiger partial charge in [-0.1, -0.05) is 36.4 Å². The topological polar surface area (TPSA) is 33.9 Å². The molecule has 33 heavy (non-hydrogen) atoms. The maximum absolute atomic E-state index is 6.42. The molecular weight excluding hydrogens is 404 g/mol. The Bertz CT molecular complexity index is 1910. The summed E-state index contributed by atoms with van der Waals surface area (Å²) in [6.45, 7) is 0. The molecule has 0 saturated heterocycles. The number of para-hydroxylation sites is 1. The van der Waals surface area contributed by atoms with Gasteiger partial charge in [0.25, 0.3) is 0 Å². The molecule has 154 valence electrons. The smallest absolute Gasteiger partial charge is 0.137 e. The quantitative estimate of drug-likeness (QED) is 0.289. The van der Waals surface area contributed by atoms with Crippen LogP contribution in [0.2, 0.25) is 0 Å². The zero-order chi connectivity index (χ0) is 21.5. The predicted octanol–water partition coefficient (Wildman–Crippen LogP) is 7.72. The molecule has 0 atom stereocenters. The number of furan rings is 1. The van der Waals surface area contributed by atoms with E-state index in [1.54, 1.807) is 0 Å². The molecular formula is C30H18N2O. The van der Waals surface area contributed by atoms with Crippen molar-refractivity contribution in [1.29, 1.82) is 0 Å². The highest BCUT2D eigenvalue weighted by Gasteiger charge is 2.23. The van der Waals surface area contributed by atoms with Crippen LogP contribution in [-0.2, 0) is 6.42 Å². The molecule has 0 radical (unpaired) electrons. The SMILES string of the molecule is c1ccc2c(c#1)[nH]c1cc3oc4ccc5c6c(n(-c7ccccc7)c5c4c3cc12)CCC=C6. The molecule has 7 aromatic rings. The molecule has 3 nitrogen and oxygen atoms in total. The van der Waals surface area contributed by atoms with Gasteiger partial charge >= 0.3 is 0 Å². The van der Waals surface area contributed by atoms with Crippen molar-refractivity contribution in [2.24, 2.45) is 0 Å². The Morgan fingerprint density at radius 1 is 0.879 bits per heavy atom. The first-order chi connectivity index (χ1) is 16.4. The second-order valence-corrected chi connectivity index (χ2v) is 8.82. The molecule has 3 aromatic heterocycles. The van der Waals surface area contributed by atoms with Crippen LogP contribution in [0.25, 0.3) is 66.4 Å². The van der Waals surface area contributed by atoms with Crippen LogP contribution in [-0.4, -0.2) is 9.55 Å². The third kappa shape index (κ3) is 2.20. The number of hydrogen-bond donors (Lipinski definition) is 1. The minimum Gasteiger partial charge on any atom is -0.456 e. The number of allylic oxidation sites excluding steroid dienone is 1. The summed E-state index contributed by atoms with van der Waals surface area (Å²) >= 11 is 0. The van der Waals surface area contributed by atoms with Crippen LogP contribution >= 0.6 is 0 Å². The van der Waals surface area contributed by atoms with E-state index < -0.39 is 0 Å². The Hall–Kier alpha value is -4.42. The number of nitrogens with zero attached hydrogens (tertiary/aromatic N) is 1. The maximum atomic E-state index is 6.42. The molecule has 8 rings (SSSR count). The number of benzene rings is 3. The van der Waals surface area contributed by atoms with Crippen molar-refractivity contribution < 1.29 is 4.42 Å². The molecule has 0 bridgehead atoms. The van der Waals surface area contributed by atoms with Gasteiger partial charge in [0, 0.05) is 44.6 Å². The molecule has 3 heterocycles. The summed E-state index contributed by atoms with van der Waals surface area (Å²) in [6, 6.07) is 29.7. The fourth-order valence-corrected chi connectivity index (χ4v) is 5.65. The Balaban J connectivity index is 1.60. The average Bonchev–Trinajstić information content (AvgIpc) is 3.51. The van der Waals surface area contributed by atoms with E-state index in [9.17, 15) is 0 Å². The number of rotatable bonds is 1. The van der Waals surface area contributed by atoms with Gasteiger partial charge in [0.15, 0.2) is 0 Å². The van der Waals surface area contributed by atoms with E-state index in [2.05, 4.69) is 94.5 Å². The molecule has 0 saturated carbocycles. The van der Waals surface area contributed by atoms with E-state index >= 15 is 0 Å². The molecule has 3 heteroatoms. The second-order valence-electron chi connectivity index (χ2n) is 8.82. The van der Waals surface area contributed by atoms with E-state index in [1.165, 1.54) is 38.6 Å². The number of aromatic nitrogens is 2. The minimum atomic E-state index is 0.898. The lowest BCUT2D eigenvalue weighted by molar-refractivity contribution is 0.669. The highest BCUT2D eigenvalue weighted by atomic mass is 16.3. The van der Waals surface area contributed by atoms with Crippen LogP contribution < -0.4 is 0 Å². The number of hydrogen-bond acceptors (Lipinski definition) is 1. The molecule has 4 aromatic carbocycles. The number of fused-ring (bicyclic) bond motifs is 10. The standard InChI is InChI=1S/C30H18N2O/c1-2-8-18(9-3-1)32-26-13-7-5-11-20(26)21-14-15-27-29(30(21)32)23-16-22-19-10-4-6-12-24(19)31-25(22)17-28(23)33-27/h1-5,8-11,14-17,31H,7,13H2. The van der Waals surface area contributed by atoms with Gasteiger partial charge in [-0.2, -0.15) is 0 Å². The normalized spacial score (nSPS) is 13.5. The Kier molecular flexibility index (Phi) is 3.17. The van der Waals surface area contributed by atoms with Gasteiger partial charge in [-0.15, -0.1) is 0 Å². The van der Waals surface area contributed by atoms with Gasteiger partial charge in [0.05, 0.1) is 21.9 Å². The van der Waals surface area contributed by atoms with E-state index in [0.29, 0.717) is 0 Å². The highest BCUT2D eigenvalue weighted by molar-refractivity contribution is 6.23. The number of aromatic amines is 1. The van der Waals surface area contributed by atoms with Gasteiger partial charge < -0.3 is 14.0 Å². The first kappa shape index (κ1) is 17.2. The monoisotopic (exact) mass is 422 g/mol. The zero-order valence-corrected chi connectivity index (χ0v) is 17.8. The van der Waals surface area contributed by atoms with Crippen LogP contribution in [0.5, 0.6) is 0 Å². The molecule has 0 fully saturated rings. The first-order valence-corrected chi connectivity index (χ1v) is 11.3. The van der Waals surface area contributed by atoms with Crippen molar-refractivity contribution in [3.8, 4) is 5.69 Å². The van der Waals surface area contributed by atoms with Crippen molar-refractivity contribution in [1.82, 2.24) is 9.55 Å². The molecule has 1 aliphatic carbocycles. The van der Waals surface area contributed by atoms with E-state index in [1.807, 2.05) is 6.07 Å². The van der Waals surface area contributed by atoms with Crippen LogP contribution in [0.1, 0.15) is 17.7 Å². The van der Waals surface area contributed by atoms with Gasteiger partial charge in [0.2, 0.25) is 0 Å². The van der Waals surface area contributed by atoms with Gasteiger partial charge in [0.1, 0.15) is 11.2 Å². The summed E-state index contributed by atoms with van der Waals surface area (Å²) in [5.41, 5.74) is 8.98. The zero-order valence-electron chi connectivity index (χ0n) is 17.8. The lowest BCUT2D eigenvalue weighted by atomic mass is 10.0. The maximum Gasteiger partial charge on any atom is 0.137 e. The van der Waals surface area contributed by atoms with E-state index in [0.717, 1.165) is 45.8 Å². The molecule has 0 aliphatic heterocycles. The lowest BCUT2D eigenvalue weighted by Gasteiger charge is -2.13. The van der Waals surface area contributed by atoms with Crippen molar-refractivity contribution in [2.45, 2.75) is 12.8 Å². The van der Waals surface area contributed by atoms with Crippen LogP contribution in [0.3, 0.4) is 0 Å². The Morgan fingerprint density at radius 2 is 1.82 bits per heavy atom. The lowest BCUT2D eigenvalue weighted by Crippen LogP contribution is -2.02. The van der Waals surface area contributed by atoms with E-state index in [-0.39, 0.29) is 0 Å². The summed E-state index contributed by atoms with van der Waals surface area (Å²) in [7, 11) is 0. The first-order valence-electron chi connectivity index (χ1n) is 11.3. The summed E-state index contributed by atoms with van der Waals surface area (Å²) in [6.07, 6.45) is 6.68. The molecule has 0 spiro atoms. The molecule has 0 amide bonds. The predicted molar refractivity (Wildman–Crippen MR) is 135 cm³/mol. The fraction of sp³-hybridized carbons (Fsp3) is 0.0667. The molecule has 0 unspecified atom stereocenters. The number of nitrogens with one attached hydrogen (secondary N) is 1. The van der Waals surface area contributed by atoms with Crippen LogP contribution in [0.4, 0.5) is 0 Å². The average molecular weight is 422 g/mol. The number of H-pyrrole nitrogens is 1. The molecule has 1 aliphatic rings. The van der Waals surface area contributed by atoms with Crippen LogP contribution in [0.15, 0.2) is 77.2 Å². The Morgan fingerprint density at radius 3 is 2.76 bits per heavy atom. The van der Waals surface area contributed by atoms with Crippen molar-refractivity contribution in [3.63, 3.8) is 0 Å². The Labute approximate surface area is 189 Å². The largest absolute Gasteiger partial charge is 0.456 e. The summed E-state index contributed by atoms with van der Waals surface area (Å²) in [4.78, 5) is 3.47.